The molecule has 0 aliphatic rings. The lowest BCUT2D eigenvalue weighted by Gasteiger charge is -2.13. The van der Waals surface area contributed by atoms with Crippen molar-refractivity contribution in [2.45, 2.75) is 0 Å². The van der Waals surface area contributed by atoms with Crippen LogP contribution in [-0.2, 0) is 0 Å². The predicted octanol–water partition coefficient (Wildman–Crippen LogP) is 9.78. The highest BCUT2D eigenvalue weighted by molar-refractivity contribution is 6.26. The summed E-state index contributed by atoms with van der Waals surface area (Å²) in [6.45, 7) is 0. The summed E-state index contributed by atoms with van der Waals surface area (Å²) in [4.78, 5) is 14.7. The van der Waals surface area contributed by atoms with Crippen molar-refractivity contribution in [3.63, 3.8) is 0 Å². The molecule has 6 aromatic heterocycles. The van der Waals surface area contributed by atoms with Gasteiger partial charge in [-0.3, -0.25) is 9.38 Å². The van der Waals surface area contributed by atoms with E-state index in [2.05, 4.69) is 140 Å². The van der Waals surface area contributed by atoms with Crippen LogP contribution in [0, 0.1) is 0 Å². The Bertz CT molecular complexity index is 3060. The van der Waals surface area contributed by atoms with Gasteiger partial charge in [-0.25, -0.2) is 9.97 Å². The second-order valence-electron chi connectivity index (χ2n) is 12.1. The molecule has 11 rings (SSSR count). The first-order valence-corrected chi connectivity index (χ1v) is 15.8. The predicted molar refractivity (Wildman–Crippen MR) is 192 cm³/mol. The smallest absolute Gasteiger partial charge is 0.178 e. The topological polar surface area (TPSA) is 52.9 Å². The van der Waals surface area contributed by atoms with Gasteiger partial charge < -0.3 is 9.13 Å². The average molecular weight is 601 g/mol. The lowest BCUT2D eigenvalue weighted by atomic mass is 10.0. The van der Waals surface area contributed by atoms with Crippen LogP contribution in [0.1, 0.15) is 0 Å². The number of para-hydroxylation sites is 3. The Morgan fingerprint density at radius 2 is 1.02 bits per heavy atom. The first-order chi connectivity index (χ1) is 23.3. The van der Waals surface area contributed by atoms with Crippen LogP contribution in [0.4, 0.5) is 0 Å². The quantitative estimate of drug-likeness (QED) is 0.186. The van der Waals surface area contributed by atoms with E-state index in [-0.39, 0.29) is 0 Å². The van der Waals surface area contributed by atoms with Gasteiger partial charge in [0, 0.05) is 56.1 Å². The molecule has 0 N–H and O–H groups in total. The SMILES string of the molecule is c1ccc(-n2c3ccccc3c3ccc4c5cc6c(cc5n(-c5ccccc5)c4c32)c2ncccc2n2c3cccnc3nc62)cc1. The molecule has 5 aromatic carbocycles. The van der Waals surface area contributed by atoms with E-state index in [4.69, 9.17) is 9.97 Å². The number of nitrogens with zero attached hydrogens (tertiary/aromatic N) is 6. The van der Waals surface area contributed by atoms with E-state index in [0.717, 1.165) is 55.5 Å². The van der Waals surface area contributed by atoms with Crippen LogP contribution in [0.25, 0.3) is 93.6 Å². The summed E-state index contributed by atoms with van der Waals surface area (Å²) in [6.07, 6.45) is 3.68. The van der Waals surface area contributed by atoms with Crippen LogP contribution >= 0.6 is 0 Å². The monoisotopic (exact) mass is 600 g/mol. The van der Waals surface area contributed by atoms with Crippen molar-refractivity contribution in [2.75, 3.05) is 0 Å². The largest absolute Gasteiger partial charge is 0.307 e. The minimum Gasteiger partial charge on any atom is -0.307 e. The minimum atomic E-state index is 0.728. The third kappa shape index (κ3) is 3.21. The summed E-state index contributed by atoms with van der Waals surface area (Å²) < 4.78 is 7.07. The number of rotatable bonds is 2. The molecule has 11 aromatic rings. The molecule has 218 valence electrons. The molecule has 0 radical (unpaired) electrons. The lowest BCUT2D eigenvalue weighted by Crippen LogP contribution is -1.98. The molecular formula is C41H24N6. The normalized spacial score (nSPS) is 12.3. The number of pyridine rings is 3. The summed E-state index contributed by atoms with van der Waals surface area (Å²) in [5.41, 5.74) is 11.4. The van der Waals surface area contributed by atoms with E-state index < -0.39 is 0 Å². The number of hydrogen-bond donors (Lipinski definition) is 0. The van der Waals surface area contributed by atoms with Gasteiger partial charge in [0.15, 0.2) is 5.65 Å². The lowest BCUT2D eigenvalue weighted by molar-refractivity contribution is 1.15. The molecule has 6 heteroatoms. The fraction of sp³-hybridized carbons (Fsp3) is 0. The molecule has 0 unspecified atom stereocenters. The zero-order chi connectivity index (χ0) is 30.6. The van der Waals surface area contributed by atoms with E-state index in [1.54, 1.807) is 6.20 Å². The fourth-order valence-corrected chi connectivity index (χ4v) is 7.79. The maximum Gasteiger partial charge on any atom is 0.178 e. The summed E-state index contributed by atoms with van der Waals surface area (Å²) in [5.74, 6) is 0. The average Bonchev–Trinajstić information content (AvgIpc) is 3.80. The molecule has 0 saturated carbocycles. The molecule has 6 heterocycles. The highest BCUT2D eigenvalue weighted by Gasteiger charge is 2.23. The van der Waals surface area contributed by atoms with Crippen LogP contribution in [0.2, 0.25) is 0 Å². The molecule has 6 nitrogen and oxygen atoms in total. The van der Waals surface area contributed by atoms with Gasteiger partial charge in [0.2, 0.25) is 0 Å². The zero-order valence-electron chi connectivity index (χ0n) is 25.0. The molecule has 0 aliphatic carbocycles. The van der Waals surface area contributed by atoms with Crippen LogP contribution in [-0.4, -0.2) is 28.5 Å². The van der Waals surface area contributed by atoms with Crippen LogP contribution in [0.15, 0.2) is 146 Å². The van der Waals surface area contributed by atoms with E-state index in [1.807, 2.05) is 18.3 Å². The van der Waals surface area contributed by atoms with Crippen molar-refractivity contribution in [1.29, 1.82) is 0 Å². The van der Waals surface area contributed by atoms with Crippen molar-refractivity contribution >= 4 is 82.2 Å². The number of fused-ring (bicyclic) bond motifs is 15. The Morgan fingerprint density at radius 1 is 0.404 bits per heavy atom. The Hall–Kier alpha value is -6.53. The molecule has 47 heavy (non-hydrogen) atoms. The van der Waals surface area contributed by atoms with E-state index in [1.165, 1.54) is 38.1 Å². The first kappa shape index (κ1) is 24.8. The van der Waals surface area contributed by atoms with Gasteiger partial charge >= 0.3 is 0 Å². The molecule has 0 amide bonds. The van der Waals surface area contributed by atoms with E-state index in [0.29, 0.717) is 0 Å². The molecule has 0 aliphatic heterocycles. The van der Waals surface area contributed by atoms with Crippen LogP contribution < -0.4 is 0 Å². The van der Waals surface area contributed by atoms with Crippen molar-refractivity contribution in [3.05, 3.63) is 146 Å². The van der Waals surface area contributed by atoms with Crippen LogP contribution in [0.3, 0.4) is 0 Å². The van der Waals surface area contributed by atoms with Crippen molar-refractivity contribution in [3.8, 4) is 11.4 Å². The second-order valence-corrected chi connectivity index (χ2v) is 12.1. The summed E-state index contributed by atoms with van der Waals surface area (Å²) in [7, 11) is 0. The minimum absolute atomic E-state index is 0.728. The third-order valence-electron chi connectivity index (χ3n) is 9.68. The number of imidazole rings is 1. The van der Waals surface area contributed by atoms with Gasteiger partial charge in [-0.15, -0.1) is 0 Å². The van der Waals surface area contributed by atoms with Gasteiger partial charge in [0.25, 0.3) is 0 Å². The van der Waals surface area contributed by atoms with Crippen molar-refractivity contribution in [1.82, 2.24) is 28.5 Å². The maximum absolute atomic E-state index is 5.09. The number of aromatic nitrogens is 6. The molecule has 0 atom stereocenters. The second kappa shape index (κ2) is 9.02. The van der Waals surface area contributed by atoms with Gasteiger partial charge in [-0.2, -0.15) is 0 Å². The summed E-state index contributed by atoms with van der Waals surface area (Å²) in [6, 6.07) is 47.5. The highest BCUT2D eigenvalue weighted by Crippen LogP contribution is 2.43. The first-order valence-electron chi connectivity index (χ1n) is 15.8. The number of hydrogen-bond acceptors (Lipinski definition) is 3. The van der Waals surface area contributed by atoms with Gasteiger partial charge in [0.05, 0.1) is 38.6 Å². The van der Waals surface area contributed by atoms with E-state index >= 15 is 0 Å². The van der Waals surface area contributed by atoms with E-state index in [9.17, 15) is 0 Å². The van der Waals surface area contributed by atoms with Crippen LogP contribution in [0.5, 0.6) is 0 Å². The van der Waals surface area contributed by atoms with Gasteiger partial charge in [-0.05, 0) is 66.7 Å². The number of benzene rings is 5. The summed E-state index contributed by atoms with van der Waals surface area (Å²) >= 11 is 0. The fourth-order valence-electron chi connectivity index (χ4n) is 7.79. The zero-order valence-corrected chi connectivity index (χ0v) is 25.0. The molecule has 0 bridgehead atoms. The Kier molecular flexibility index (Phi) is 4.75. The van der Waals surface area contributed by atoms with Gasteiger partial charge in [0.1, 0.15) is 5.65 Å². The Labute approximate surface area is 267 Å². The molecule has 0 saturated heterocycles. The highest BCUT2D eigenvalue weighted by atomic mass is 15.1. The third-order valence-corrected chi connectivity index (χ3v) is 9.68. The Morgan fingerprint density at radius 3 is 1.79 bits per heavy atom. The molecule has 0 fully saturated rings. The van der Waals surface area contributed by atoms with Crippen molar-refractivity contribution in [2.24, 2.45) is 0 Å². The maximum atomic E-state index is 5.09. The Balaban J connectivity index is 1.42. The van der Waals surface area contributed by atoms with Crippen molar-refractivity contribution < 1.29 is 0 Å². The summed E-state index contributed by atoms with van der Waals surface area (Å²) in [5, 5.41) is 6.93. The standard InChI is InChI=1S/C41H24N6/c1-3-11-25(12-4-1)45-33-16-8-7-15-27(33)28-19-20-29-30-23-32-31(24-36(30)46(39(29)38(28)45)26-13-5-2-6-14-26)37-34(17-9-21-42-37)47-35-18-10-22-43-40(35)44-41(32)47/h1-24H. The van der Waals surface area contributed by atoms with Gasteiger partial charge in [-0.1, -0.05) is 66.7 Å². The molecule has 0 spiro atoms. The molecular weight excluding hydrogens is 576 g/mol.